The zero-order valence-electron chi connectivity index (χ0n) is 11.0. The summed E-state index contributed by atoms with van der Waals surface area (Å²) < 4.78 is 13.9. The zero-order valence-corrected chi connectivity index (χ0v) is 11.9. The van der Waals surface area contributed by atoms with Gasteiger partial charge in [0.05, 0.1) is 5.69 Å². The van der Waals surface area contributed by atoms with Crippen LogP contribution < -0.4 is 10.6 Å². The summed E-state index contributed by atoms with van der Waals surface area (Å²) in [5, 5.41) is 9.78. The van der Waals surface area contributed by atoms with Gasteiger partial charge in [-0.05, 0) is 30.3 Å². The van der Waals surface area contributed by atoms with E-state index in [4.69, 9.17) is 5.73 Å². The molecule has 0 aliphatic carbocycles. The summed E-state index contributed by atoms with van der Waals surface area (Å²) in [6.45, 7) is 0.438. The molecule has 3 N–H and O–H groups in total. The molecule has 1 heterocycles. The Labute approximate surface area is 125 Å². The highest BCUT2D eigenvalue weighted by Crippen LogP contribution is 2.37. The van der Waals surface area contributed by atoms with Gasteiger partial charge in [0.1, 0.15) is 17.1 Å². The lowest BCUT2D eigenvalue weighted by Gasteiger charge is -2.29. The third kappa shape index (κ3) is 2.42. The molecule has 4 nitrogen and oxygen atoms in total. The van der Waals surface area contributed by atoms with E-state index in [-0.39, 0.29) is 11.3 Å². The Kier molecular flexibility index (Phi) is 3.47. The number of anilines is 2. The van der Waals surface area contributed by atoms with Gasteiger partial charge in [0.15, 0.2) is 0 Å². The van der Waals surface area contributed by atoms with Gasteiger partial charge in [-0.25, -0.2) is 4.39 Å². The number of phenolic OH excluding ortho intramolecular Hbond substituents is 1. The quantitative estimate of drug-likeness (QED) is 0.795. The molecule has 0 saturated carbocycles. The van der Waals surface area contributed by atoms with Crippen LogP contribution in [0, 0.1) is 5.82 Å². The number of nitrogen functional groups attached to an aromatic ring is 1. The number of nitrogens with two attached hydrogens (primary N) is 1. The van der Waals surface area contributed by atoms with Crippen LogP contribution >= 0.6 is 11.8 Å². The van der Waals surface area contributed by atoms with E-state index in [1.165, 1.54) is 17.0 Å². The highest BCUT2D eigenvalue weighted by atomic mass is 32.2. The first kappa shape index (κ1) is 13.8. The molecule has 3 rings (SSSR count). The Morgan fingerprint density at radius 2 is 2.14 bits per heavy atom. The number of hydrogen-bond donors (Lipinski definition) is 2. The van der Waals surface area contributed by atoms with E-state index in [1.807, 2.05) is 6.07 Å². The predicted molar refractivity (Wildman–Crippen MR) is 81.3 cm³/mol. The molecular weight excluding hydrogens is 291 g/mol. The molecule has 2 aromatic carbocycles. The third-order valence-electron chi connectivity index (χ3n) is 3.30. The van der Waals surface area contributed by atoms with Gasteiger partial charge < -0.3 is 15.7 Å². The first-order chi connectivity index (χ1) is 10.1. The molecule has 0 atom stereocenters. The maximum atomic E-state index is 13.9. The topological polar surface area (TPSA) is 66.6 Å². The molecule has 0 radical (unpaired) electrons. The number of aromatic hydroxyl groups is 1. The minimum absolute atomic E-state index is 0.308. The molecule has 0 fully saturated rings. The summed E-state index contributed by atoms with van der Waals surface area (Å²) in [6.07, 6.45) is 0. The summed E-state index contributed by atoms with van der Waals surface area (Å²) in [5.74, 6) is -0.942. The Morgan fingerprint density at radius 3 is 2.90 bits per heavy atom. The van der Waals surface area contributed by atoms with Crippen LogP contribution in [0.2, 0.25) is 0 Å². The van der Waals surface area contributed by atoms with Crippen LogP contribution in [0.5, 0.6) is 5.75 Å². The van der Waals surface area contributed by atoms with Gasteiger partial charge in [0.2, 0.25) is 0 Å². The average Bonchev–Trinajstić information content (AvgIpc) is 2.46. The van der Waals surface area contributed by atoms with Crippen LogP contribution in [-0.4, -0.2) is 23.3 Å². The molecule has 108 valence electrons. The number of fused-ring (bicyclic) bond motifs is 1. The van der Waals surface area contributed by atoms with Crippen molar-refractivity contribution in [3.05, 3.63) is 47.8 Å². The summed E-state index contributed by atoms with van der Waals surface area (Å²) in [6, 6.07) is 9.12. The molecule has 1 aliphatic heterocycles. The van der Waals surface area contributed by atoms with Gasteiger partial charge in [0.25, 0.3) is 5.91 Å². The second kappa shape index (κ2) is 5.29. The molecule has 2 aromatic rings. The molecule has 0 unspecified atom stereocenters. The van der Waals surface area contributed by atoms with Crippen LogP contribution in [-0.2, 0) is 0 Å². The first-order valence-corrected chi connectivity index (χ1v) is 7.38. The molecule has 0 aromatic heterocycles. The minimum atomic E-state index is -0.733. The number of carbonyl (C=O) groups is 1. The summed E-state index contributed by atoms with van der Waals surface area (Å²) in [5.41, 5.74) is 6.65. The van der Waals surface area contributed by atoms with Crippen molar-refractivity contribution in [3.63, 3.8) is 0 Å². The number of carbonyl (C=O) groups excluding carboxylic acids is 1. The van der Waals surface area contributed by atoms with Gasteiger partial charge in [-0.15, -0.1) is 11.8 Å². The van der Waals surface area contributed by atoms with Gasteiger partial charge >= 0.3 is 0 Å². The molecular formula is C15H13FN2O2S. The highest BCUT2D eigenvalue weighted by Gasteiger charge is 2.28. The van der Waals surface area contributed by atoms with Crippen LogP contribution in [0.3, 0.4) is 0 Å². The standard InChI is InChI=1S/C15H13FN2O2S/c16-10-2-1-3-12(19)14(10)15(20)18-6-7-21-13-5-4-9(17)8-11(13)18/h1-5,8,19H,6-7,17H2. The highest BCUT2D eigenvalue weighted by molar-refractivity contribution is 7.99. The van der Waals surface area contributed by atoms with E-state index in [1.54, 1.807) is 23.9 Å². The van der Waals surface area contributed by atoms with E-state index in [9.17, 15) is 14.3 Å². The summed E-state index contributed by atoms with van der Waals surface area (Å²) in [7, 11) is 0. The molecule has 6 heteroatoms. The average molecular weight is 304 g/mol. The fraction of sp³-hybridized carbons (Fsp3) is 0.133. The van der Waals surface area contributed by atoms with Crippen molar-refractivity contribution in [2.75, 3.05) is 22.9 Å². The largest absolute Gasteiger partial charge is 0.507 e. The first-order valence-electron chi connectivity index (χ1n) is 6.39. The van der Waals surface area contributed by atoms with Crippen molar-refractivity contribution >= 4 is 29.0 Å². The van der Waals surface area contributed by atoms with Gasteiger partial charge in [-0.1, -0.05) is 6.07 Å². The van der Waals surface area contributed by atoms with Crippen molar-refractivity contribution in [2.24, 2.45) is 0 Å². The SMILES string of the molecule is Nc1ccc2c(c1)N(C(=O)c1c(O)cccc1F)CCS2. The number of amides is 1. The minimum Gasteiger partial charge on any atom is -0.507 e. The van der Waals surface area contributed by atoms with Crippen molar-refractivity contribution < 1.29 is 14.3 Å². The smallest absolute Gasteiger partial charge is 0.265 e. The molecule has 1 amide bonds. The van der Waals surface area contributed by atoms with E-state index < -0.39 is 11.7 Å². The Hall–Kier alpha value is -2.21. The van der Waals surface area contributed by atoms with Crippen LogP contribution in [0.4, 0.5) is 15.8 Å². The van der Waals surface area contributed by atoms with E-state index in [0.717, 1.165) is 11.0 Å². The number of nitrogens with zero attached hydrogens (tertiary/aromatic N) is 1. The Bertz CT molecular complexity index is 701. The third-order valence-corrected chi connectivity index (χ3v) is 4.34. The van der Waals surface area contributed by atoms with Gasteiger partial charge in [-0.2, -0.15) is 0 Å². The monoisotopic (exact) mass is 304 g/mol. The second-order valence-electron chi connectivity index (χ2n) is 4.67. The summed E-state index contributed by atoms with van der Waals surface area (Å²) >= 11 is 1.62. The lowest BCUT2D eigenvalue weighted by molar-refractivity contribution is 0.0981. The van der Waals surface area contributed by atoms with Crippen molar-refractivity contribution in [3.8, 4) is 5.75 Å². The predicted octanol–water partition coefficient (Wildman–Crippen LogP) is 2.87. The Balaban J connectivity index is 2.06. The second-order valence-corrected chi connectivity index (χ2v) is 5.80. The Morgan fingerprint density at radius 1 is 1.33 bits per heavy atom. The fourth-order valence-electron chi connectivity index (χ4n) is 2.31. The van der Waals surface area contributed by atoms with Crippen LogP contribution in [0.1, 0.15) is 10.4 Å². The number of rotatable bonds is 1. The number of halogens is 1. The number of phenols is 1. The molecule has 1 aliphatic rings. The fourth-order valence-corrected chi connectivity index (χ4v) is 3.28. The maximum absolute atomic E-state index is 13.9. The van der Waals surface area contributed by atoms with Gasteiger partial charge in [0, 0.05) is 22.9 Å². The normalized spacial score (nSPS) is 13.9. The van der Waals surface area contributed by atoms with Crippen molar-refractivity contribution in [1.82, 2.24) is 0 Å². The zero-order chi connectivity index (χ0) is 15.0. The van der Waals surface area contributed by atoms with Gasteiger partial charge in [-0.3, -0.25) is 4.79 Å². The van der Waals surface area contributed by atoms with E-state index >= 15 is 0 Å². The van der Waals surface area contributed by atoms with Crippen molar-refractivity contribution in [1.29, 1.82) is 0 Å². The van der Waals surface area contributed by atoms with Crippen LogP contribution in [0.25, 0.3) is 0 Å². The van der Waals surface area contributed by atoms with E-state index in [2.05, 4.69) is 0 Å². The lowest BCUT2D eigenvalue weighted by atomic mass is 10.1. The number of thioether (sulfide) groups is 1. The number of benzene rings is 2. The summed E-state index contributed by atoms with van der Waals surface area (Å²) in [4.78, 5) is 15.0. The number of hydrogen-bond acceptors (Lipinski definition) is 4. The lowest BCUT2D eigenvalue weighted by Crippen LogP contribution is -2.36. The molecule has 0 spiro atoms. The molecule has 21 heavy (non-hydrogen) atoms. The van der Waals surface area contributed by atoms with Crippen LogP contribution in [0.15, 0.2) is 41.3 Å². The van der Waals surface area contributed by atoms with Crippen molar-refractivity contribution in [2.45, 2.75) is 4.90 Å². The molecule has 0 bridgehead atoms. The maximum Gasteiger partial charge on any atom is 0.265 e. The molecule has 0 saturated heterocycles. The van der Waals surface area contributed by atoms with E-state index in [0.29, 0.717) is 23.7 Å².